The molecule has 0 aliphatic carbocycles. The summed E-state index contributed by atoms with van der Waals surface area (Å²) >= 11 is 0. The molecule has 0 saturated carbocycles. The van der Waals surface area contributed by atoms with Crippen molar-refractivity contribution in [2.75, 3.05) is 31.6 Å². The number of phenolic OH excluding ortho intramolecular Hbond substituents is 1. The van der Waals surface area contributed by atoms with Gasteiger partial charge in [-0.3, -0.25) is 0 Å². The summed E-state index contributed by atoms with van der Waals surface area (Å²) in [7, 11) is 2.03. The topological polar surface area (TPSA) is 55.7 Å². The van der Waals surface area contributed by atoms with Crippen LogP contribution in [-0.2, 0) is 0 Å². The van der Waals surface area contributed by atoms with E-state index in [0.29, 0.717) is 5.75 Å². The fraction of sp³-hybridized carbons (Fsp3) is 0.647. The first-order valence-corrected chi connectivity index (χ1v) is 7.98. The van der Waals surface area contributed by atoms with Crippen LogP contribution in [0, 0.1) is 0 Å². The monoisotopic (exact) mass is 294 g/mol. The molecule has 0 bridgehead atoms. The van der Waals surface area contributed by atoms with Crippen LogP contribution in [0.3, 0.4) is 0 Å². The molecule has 4 heteroatoms. The van der Waals surface area contributed by atoms with Gasteiger partial charge in [0.25, 0.3) is 0 Å². The number of unbranched alkanes of at least 4 members (excludes halogenated alkanes) is 2. The molecule has 1 aromatic carbocycles. The number of aliphatic hydroxyl groups is 1. The Kier molecular flexibility index (Phi) is 8.16. The zero-order valence-corrected chi connectivity index (χ0v) is 13.6. The molecule has 4 nitrogen and oxygen atoms in total. The fourth-order valence-electron chi connectivity index (χ4n) is 2.37. The molecule has 1 unspecified atom stereocenters. The third-order valence-electron chi connectivity index (χ3n) is 3.77. The highest BCUT2D eigenvalue weighted by Crippen LogP contribution is 2.28. The lowest BCUT2D eigenvalue weighted by Gasteiger charge is -2.21. The minimum atomic E-state index is 0.161. The highest BCUT2D eigenvalue weighted by atomic mass is 16.3. The van der Waals surface area contributed by atoms with Crippen LogP contribution >= 0.6 is 0 Å². The molecule has 0 amide bonds. The Bertz CT molecular complexity index is 410. The number of aromatic hydroxyl groups is 1. The molecule has 3 N–H and O–H groups in total. The smallest absolute Gasteiger partial charge is 0.122 e. The van der Waals surface area contributed by atoms with Gasteiger partial charge in [0.15, 0.2) is 0 Å². The van der Waals surface area contributed by atoms with Crippen molar-refractivity contribution in [3.05, 3.63) is 23.8 Å². The Morgan fingerprint density at radius 1 is 1.24 bits per heavy atom. The van der Waals surface area contributed by atoms with E-state index < -0.39 is 0 Å². The number of nitrogens with zero attached hydrogens (tertiary/aromatic N) is 1. The van der Waals surface area contributed by atoms with Crippen molar-refractivity contribution in [3.63, 3.8) is 0 Å². The van der Waals surface area contributed by atoms with Crippen LogP contribution in [0.2, 0.25) is 0 Å². The summed E-state index contributed by atoms with van der Waals surface area (Å²) in [6.07, 6.45) is 4.02. The molecule has 0 radical (unpaired) electrons. The van der Waals surface area contributed by atoms with Gasteiger partial charge in [-0.2, -0.15) is 0 Å². The highest BCUT2D eigenvalue weighted by Gasteiger charge is 2.11. The minimum Gasteiger partial charge on any atom is -0.508 e. The molecule has 0 heterocycles. The molecular weight excluding hydrogens is 264 g/mol. The summed E-state index contributed by atoms with van der Waals surface area (Å²) in [5, 5.41) is 22.4. The van der Waals surface area contributed by atoms with E-state index >= 15 is 0 Å². The van der Waals surface area contributed by atoms with Crippen LogP contribution < -0.4 is 10.2 Å². The molecule has 21 heavy (non-hydrogen) atoms. The van der Waals surface area contributed by atoms with E-state index in [9.17, 15) is 5.11 Å². The second kappa shape index (κ2) is 9.64. The van der Waals surface area contributed by atoms with E-state index in [1.165, 1.54) is 0 Å². The van der Waals surface area contributed by atoms with Crippen molar-refractivity contribution < 1.29 is 10.2 Å². The Hall–Kier alpha value is -1.26. The fourth-order valence-corrected chi connectivity index (χ4v) is 2.37. The molecule has 1 aromatic rings. The average Bonchev–Trinajstić information content (AvgIpc) is 2.48. The number of phenols is 1. The Morgan fingerprint density at radius 3 is 2.62 bits per heavy atom. The van der Waals surface area contributed by atoms with Crippen molar-refractivity contribution in [2.45, 2.75) is 45.6 Å². The quantitative estimate of drug-likeness (QED) is 0.581. The SMILES string of the molecule is CCCNC(C)c1ccc(N(C)CCCCCO)cc1O. The first-order chi connectivity index (χ1) is 10.1. The van der Waals surface area contributed by atoms with Crippen molar-refractivity contribution >= 4 is 5.69 Å². The van der Waals surface area contributed by atoms with Gasteiger partial charge in [-0.25, -0.2) is 0 Å². The number of hydrogen-bond donors (Lipinski definition) is 3. The number of anilines is 1. The van der Waals surface area contributed by atoms with E-state index in [1.54, 1.807) is 0 Å². The van der Waals surface area contributed by atoms with E-state index in [1.807, 2.05) is 19.2 Å². The van der Waals surface area contributed by atoms with Gasteiger partial charge in [-0.05, 0) is 45.2 Å². The van der Waals surface area contributed by atoms with E-state index in [0.717, 1.165) is 50.0 Å². The number of benzene rings is 1. The number of hydrogen-bond acceptors (Lipinski definition) is 4. The maximum atomic E-state index is 10.2. The first kappa shape index (κ1) is 17.8. The van der Waals surface area contributed by atoms with Gasteiger partial charge in [0.2, 0.25) is 0 Å². The van der Waals surface area contributed by atoms with Crippen LogP contribution in [0.15, 0.2) is 18.2 Å². The average molecular weight is 294 g/mol. The normalized spacial score (nSPS) is 12.4. The molecule has 0 aliphatic heterocycles. The van der Waals surface area contributed by atoms with Crippen molar-refractivity contribution in [1.29, 1.82) is 0 Å². The van der Waals surface area contributed by atoms with Crippen molar-refractivity contribution in [3.8, 4) is 5.75 Å². The molecule has 0 aliphatic rings. The number of nitrogens with one attached hydrogen (secondary N) is 1. The maximum absolute atomic E-state index is 10.2. The van der Waals surface area contributed by atoms with E-state index in [4.69, 9.17) is 5.11 Å². The minimum absolute atomic E-state index is 0.161. The van der Waals surface area contributed by atoms with E-state index in [-0.39, 0.29) is 12.6 Å². The lowest BCUT2D eigenvalue weighted by molar-refractivity contribution is 0.283. The van der Waals surface area contributed by atoms with Crippen LogP contribution in [0.4, 0.5) is 5.69 Å². The standard InChI is InChI=1S/C17H30N2O2/c1-4-10-18-14(2)16-9-8-15(13-17(16)21)19(3)11-6-5-7-12-20/h8-9,13-14,18,20-21H,4-7,10-12H2,1-3H3. The molecule has 0 saturated heterocycles. The summed E-state index contributed by atoms with van der Waals surface area (Å²) in [5.41, 5.74) is 1.98. The van der Waals surface area contributed by atoms with Gasteiger partial charge in [0.05, 0.1) is 0 Å². The number of rotatable bonds is 10. The van der Waals surface area contributed by atoms with Crippen LogP contribution in [0.5, 0.6) is 5.75 Å². The number of aliphatic hydroxyl groups excluding tert-OH is 1. The second-order valence-electron chi connectivity index (χ2n) is 5.62. The van der Waals surface area contributed by atoms with Gasteiger partial charge in [0, 0.05) is 43.6 Å². The lowest BCUT2D eigenvalue weighted by atomic mass is 10.1. The largest absolute Gasteiger partial charge is 0.508 e. The summed E-state index contributed by atoms with van der Waals surface area (Å²) in [6.45, 7) is 6.36. The Balaban J connectivity index is 2.59. The Labute approximate surface area is 128 Å². The molecule has 0 aromatic heterocycles. The zero-order chi connectivity index (χ0) is 15.7. The lowest BCUT2D eigenvalue weighted by Crippen LogP contribution is -2.20. The zero-order valence-electron chi connectivity index (χ0n) is 13.6. The third kappa shape index (κ3) is 5.94. The Morgan fingerprint density at radius 2 is 2.00 bits per heavy atom. The third-order valence-corrected chi connectivity index (χ3v) is 3.77. The van der Waals surface area contributed by atoms with Crippen LogP contribution in [-0.4, -0.2) is 37.0 Å². The van der Waals surface area contributed by atoms with Crippen LogP contribution in [0.25, 0.3) is 0 Å². The van der Waals surface area contributed by atoms with Gasteiger partial charge in [0.1, 0.15) is 5.75 Å². The maximum Gasteiger partial charge on any atom is 0.122 e. The summed E-state index contributed by atoms with van der Waals surface area (Å²) < 4.78 is 0. The molecule has 1 atom stereocenters. The summed E-state index contributed by atoms with van der Waals surface area (Å²) in [4.78, 5) is 2.14. The summed E-state index contributed by atoms with van der Waals surface area (Å²) in [6, 6.07) is 6.06. The summed E-state index contributed by atoms with van der Waals surface area (Å²) in [5.74, 6) is 0.353. The second-order valence-corrected chi connectivity index (χ2v) is 5.62. The van der Waals surface area contributed by atoms with Crippen LogP contribution in [0.1, 0.15) is 51.1 Å². The first-order valence-electron chi connectivity index (χ1n) is 7.98. The molecule has 0 fully saturated rings. The highest BCUT2D eigenvalue weighted by molar-refractivity contribution is 5.53. The molecular formula is C17H30N2O2. The van der Waals surface area contributed by atoms with Crippen molar-refractivity contribution in [2.24, 2.45) is 0 Å². The van der Waals surface area contributed by atoms with E-state index in [2.05, 4.69) is 30.1 Å². The molecule has 0 spiro atoms. The van der Waals surface area contributed by atoms with Crippen molar-refractivity contribution in [1.82, 2.24) is 5.32 Å². The predicted octanol–water partition coefficient (Wildman–Crippen LogP) is 3.05. The van der Waals surface area contributed by atoms with Gasteiger partial charge in [-0.1, -0.05) is 13.0 Å². The molecule has 1 rings (SSSR count). The van der Waals surface area contributed by atoms with Gasteiger partial charge >= 0.3 is 0 Å². The molecule has 120 valence electrons. The van der Waals surface area contributed by atoms with Gasteiger partial charge < -0.3 is 20.4 Å². The van der Waals surface area contributed by atoms with Gasteiger partial charge in [-0.15, -0.1) is 0 Å². The predicted molar refractivity (Wildman–Crippen MR) is 89.0 cm³/mol.